The van der Waals surface area contributed by atoms with E-state index in [0.717, 1.165) is 16.7 Å². The minimum Gasteiger partial charge on any atom is -0.207 e. The van der Waals surface area contributed by atoms with E-state index < -0.39 is 0 Å². The maximum absolute atomic E-state index is 13.7. The molecular formula is C13H19F. The summed E-state index contributed by atoms with van der Waals surface area (Å²) in [6, 6.07) is 3.73. The molecule has 0 atom stereocenters. The molecule has 0 saturated heterocycles. The Morgan fingerprint density at radius 3 is 2.00 bits per heavy atom. The maximum Gasteiger partial charge on any atom is 0.127 e. The van der Waals surface area contributed by atoms with Crippen molar-refractivity contribution in [2.24, 2.45) is 0 Å². The van der Waals surface area contributed by atoms with Crippen LogP contribution in [0.2, 0.25) is 0 Å². The maximum atomic E-state index is 13.7. The van der Waals surface area contributed by atoms with Crippen LogP contribution < -0.4 is 0 Å². The van der Waals surface area contributed by atoms with Gasteiger partial charge < -0.3 is 0 Å². The smallest absolute Gasteiger partial charge is 0.127 e. The van der Waals surface area contributed by atoms with Crippen LogP contribution in [0.25, 0.3) is 0 Å². The van der Waals surface area contributed by atoms with Gasteiger partial charge in [0.25, 0.3) is 0 Å². The van der Waals surface area contributed by atoms with Gasteiger partial charge in [-0.15, -0.1) is 0 Å². The molecule has 0 heterocycles. The molecule has 0 nitrogen and oxygen atoms in total. The van der Waals surface area contributed by atoms with E-state index >= 15 is 0 Å². The molecule has 0 radical (unpaired) electrons. The molecule has 1 heteroatoms. The molecule has 0 aromatic heterocycles. The van der Waals surface area contributed by atoms with Gasteiger partial charge in [-0.1, -0.05) is 33.8 Å². The van der Waals surface area contributed by atoms with Gasteiger partial charge in [-0.25, -0.2) is 4.39 Å². The molecule has 0 spiro atoms. The highest BCUT2D eigenvalue weighted by molar-refractivity contribution is 5.37. The Labute approximate surface area is 86.2 Å². The number of rotatable bonds is 2. The standard InChI is InChI=1S/C13H19F/c1-8(2)11-6-10(5)7-12(14)13(11)9(3)4/h6-9H,1-5H3. The fourth-order valence-corrected chi connectivity index (χ4v) is 1.87. The molecule has 1 aromatic rings. The lowest BCUT2D eigenvalue weighted by molar-refractivity contribution is 0.588. The second-order valence-electron chi connectivity index (χ2n) is 4.56. The zero-order valence-electron chi connectivity index (χ0n) is 9.69. The van der Waals surface area contributed by atoms with Crippen molar-refractivity contribution < 1.29 is 4.39 Å². The summed E-state index contributed by atoms with van der Waals surface area (Å²) in [6.45, 7) is 10.2. The van der Waals surface area contributed by atoms with Gasteiger partial charge in [0.1, 0.15) is 5.82 Å². The third kappa shape index (κ3) is 2.14. The molecule has 78 valence electrons. The van der Waals surface area contributed by atoms with Crippen molar-refractivity contribution >= 4 is 0 Å². The van der Waals surface area contributed by atoms with Gasteiger partial charge in [-0.3, -0.25) is 0 Å². The molecule has 0 N–H and O–H groups in total. The molecule has 14 heavy (non-hydrogen) atoms. The lowest BCUT2D eigenvalue weighted by Gasteiger charge is -2.17. The van der Waals surface area contributed by atoms with Crippen LogP contribution in [0.15, 0.2) is 12.1 Å². The first-order valence-electron chi connectivity index (χ1n) is 5.23. The van der Waals surface area contributed by atoms with Crippen molar-refractivity contribution in [2.45, 2.75) is 46.5 Å². The number of benzene rings is 1. The van der Waals surface area contributed by atoms with Crippen molar-refractivity contribution in [3.05, 3.63) is 34.6 Å². The average molecular weight is 194 g/mol. The highest BCUT2D eigenvalue weighted by Gasteiger charge is 2.15. The second-order valence-corrected chi connectivity index (χ2v) is 4.56. The Kier molecular flexibility index (Phi) is 3.30. The van der Waals surface area contributed by atoms with Gasteiger partial charge in [-0.2, -0.15) is 0 Å². The van der Waals surface area contributed by atoms with Crippen LogP contribution in [0.3, 0.4) is 0 Å². The summed E-state index contributed by atoms with van der Waals surface area (Å²) in [6.07, 6.45) is 0. The van der Waals surface area contributed by atoms with E-state index in [4.69, 9.17) is 0 Å². The second kappa shape index (κ2) is 4.12. The number of halogens is 1. The molecule has 0 amide bonds. The number of aryl methyl sites for hydroxylation is 1. The molecule has 0 aliphatic carbocycles. The van der Waals surface area contributed by atoms with Crippen LogP contribution >= 0.6 is 0 Å². The summed E-state index contributed by atoms with van der Waals surface area (Å²) >= 11 is 0. The number of hydrogen-bond donors (Lipinski definition) is 0. The van der Waals surface area contributed by atoms with Gasteiger partial charge in [0, 0.05) is 0 Å². The first-order chi connectivity index (χ1) is 6.43. The first-order valence-corrected chi connectivity index (χ1v) is 5.23. The summed E-state index contributed by atoms with van der Waals surface area (Å²) in [4.78, 5) is 0. The molecule has 0 aliphatic heterocycles. The van der Waals surface area contributed by atoms with E-state index in [0.29, 0.717) is 5.92 Å². The van der Waals surface area contributed by atoms with Gasteiger partial charge in [-0.05, 0) is 41.5 Å². The first kappa shape index (κ1) is 11.2. The third-order valence-electron chi connectivity index (χ3n) is 2.51. The summed E-state index contributed by atoms with van der Waals surface area (Å²) in [7, 11) is 0. The monoisotopic (exact) mass is 194 g/mol. The Balaban J connectivity index is 3.37. The number of hydrogen-bond acceptors (Lipinski definition) is 0. The van der Waals surface area contributed by atoms with Crippen LogP contribution in [0.1, 0.15) is 56.2 Å². The molecule has 0 fully saturated rings. The molecule has 1 aromatic carbocycles. The predicted octanol–water partition coefficient (Wildman–Crippen LogP) is 4.38. The summed E-state index contributed by atoms with van der Waals surface area (Å²) in [5.41, 5.74) is 3.04. The van der Waals surface area contributed by atoms with Crippen LogP contribution in [0, 0.1) is 12.7 Å². The minimum absolute atomic E-state index is 0.0521. The SMILES string of the molecule is Cc1cc(F)c(C(C)C)c(C(C)C)c1. The molecule has 0 aliphatic rings. The lowest BCUT2D eigenvalue weighted by atomic mass is 9.89. The largest absolute Gasteiger partial charge is 0.207 e. The summed E-state index contributed by atoms with van der Waals surface area (Å²) in [5, 5.41) is 0. The van der Waals surface area contributed by atoms with Gasteiger partial charge in [0.15, 0.2) is 0 Å². The van der Waals surface area contributed by atoms with Crippen molar-refractivity contribution in [3.63, 3.8) is 0 Å². The molecule has 0 bridgehead atoms. The van der Waals surface area contributed by atoms with E-state index in [1.807, 2.05) is 20.8 Å². The fraction of sp³-hybridized carbons (Fsp3) is 0.538. The highest BCUT2D eigenvalue weighted by atomic mass is 19.1. The molecule has 0 saturated carbocycles. The summed E-state index contributed by atoms with van der Waals surface area (Å²) < 4.78 is 13.7. The van der Waals surface area contributed by atoms with E-state index in [-0.39, 0.29) is 11.7 Å². The van der Waals surface area contributed by atoms with Crippen molar-refractivity contribution in [2.75, 3.05) is 0 Å². The van der Waals surface area contributed by atoms with Crippen LogP contribution in [0.4, 0.5) is 4.39 Å². The van der Waals surface area contributed by atoms with Crippen molar-refractivity contribution in [1.82, 2.24) is 0 Å². The van der Waals surface area contributed by atoms with Crippen LogP contribution in [-0.2, 0) is 0 Å². The Morgan fingerprint density at radius 1 is 1.00 bits per heavy atom. The molecular weight excluding hydrogens is 175 g/mol. The Bertz CT molecular complexity index is 324. The van der Waals surface area contributed by atoms with Gasteiger partial charge >= 0.3 is 0 Å². The topological polar surface area (TPSA) is 0 Å². The van der Waals surface area contributed by atoms with Crippen molar-refractivity contribution in [3.8, 4) is 0 Å². The van der Waals surface area contributed by atoms with Gasteiger partial charge in [0.05, 0.1) is 0 Å². The van der Waals surface area contributed by atoms with Crippen molar-refractivity contribution in [1.29, 1.82) is 0 Å². The fourth-order valence-electron chi connectivity index (χ4n) is 1.87. The Morgan fingerprint density at radius 2 is 1.57 bits per heavy atom. The Hall–Kier alpha value is -0.850. The summed E-state index contributed by atoms with van der Waals surface area (Å²) in [5.74, 6) is 0.596. The predicted molar refractivity (Wildman–Crippen MR) is 59.3 cm³/mol. The van der Waals surface area contributed by atoms with E-state index in [1.54, 1.807) is 6.07 Å². The molecule has 0 unspecified atom stereocenters. The van der Waals surface area contributed by atoms with E-state index in [1.165, 1.54) is 0 Å². The van der Waals surface area contributed by atoms with Crippen LogP contribution in [0.5, 0.6) is 0 Å². The van der Waals surface area contributed by atoms with Crippen LogP contribution in [-0.4, -0.2) is 0 Å². The lowest BCUT2D eigenvalue weighted by Crippen LogP contribution is -2.03. The van der Waals surface area contributed by atoms with E-state index in [9.17, 15) is 4.39 Å². The zero-order valence-corrected chi connectivity index (χ0v) is 9.69. The average Bonchev–Trinajstić information content (AvgIpc) is 2.01. The van der Waals surface area contributed by atoms with Gasteiger partial charge in [0.2, 0.25) is 0 Å². The zero-order chi connectivity index (χ0) is 10.9. The quantitative estimate of drug-likeness (QED) is 0.655. The molecule has 1 rings (SSSR count). The third-order valence-corrected chi connectivity index (χ3v) is 2.51. The van der Waals surface area contributed by atoms with E-state index in [2.05, 4.69) is 19.9 Å². The normalized spacial score (nSPS) is 11.4. The highest BCUT2D eigenvalue weighted by Crippen LogP contribution is 2.29. The minimum atomic E-state index is -0.0521.